The number of sulfonamides is 1. The molecule has 0 fully saturated rings. The topological polar surface area (TPSA) is 75.3 Å². The van der Waals surface area contributed by atoms with Gasteiger partial charge in [0.05, 0.1) is 4.91 Å². The SMILES string of the molecule is CCCCCCNC(=O)NS(=O)(=O)/C(C)=C/c1cccc(Cl)c1. The molecule has 1 aromatic rings. The highest BCUT2D eigenvalue weighted by atomic mass is 35.5. The van der Waals surface area contributed by atoms with Crippen molar-refractivity contribution < 1.29 is 13.2 Å². The first kappa shape index (κ1) is 19.5. The van der Waals surface area contributed by atoms with Gasteiger partial charge in [0.2, 0.25) is 0 Å². The number of amides is 2. The lowest BCUT2D eigenvalue weighted by molar-refractivity contribution is 0.245. The summed E-state index contributed by atoms with van der Waals surface area (Å²) in [6.45, 7) is 3.98. The van der Waals surface area contributed by atoms with Crippen LogP contribution in [-0.2, 0) is 10.0 Å². The lowest BCUT2D eigenvalue weighted by Crippen LogP contribution is -2.39. The van der Waals surface area contributed by atoms with Gasteiger partial charge in [0, 0.05) is 11.6 Å². The van der Waals surface area contributed by atoms with E-state index >= 15 is 0 Å². The Morgan fingerprint density at radius 2 is 2.00 bits per heavy atom. The summed E-state index contributed by atoms with van der Waals surface area (Å²) in [4.78, 5) is 11.7. The number of benzene rings is 1. The summed E-state index contributed by atoms with van der Waals surface area (Å²) in [5, 5.41) is 3.06. The van der Waals surface area contributed by atoms with Crippen molar-refractivity contribution >= 4 is 33.7 Å². The Morgan fingerprint density at radius 3 is 2.65 bits per heavy atom. The molecule has 0 bridgehead atoms. The van der Waals surface area contributed by atoms with Crippen molar-refractivity contribution in [3.8, 4) is 0 Å². The molecule has 1 aromatic carbocycles. The summed E-state index contributed by atoms with van der Waals surface area (Å²) in [6.07, 6.45) is 5.51. The molecule has 0 aliphatic heterocycles. The Balaban J connectivity index is 2.58. The van der Waals surface area contributed by atoms with Crippen molar-refractivity contribution in [2.75, 3.05) is 6.54 Å². The number of urea groups is 1. The van der Waals surface area contributed by atoms with E-state index in [2.05, 4.69) is 12.2 Å². The molecule has 23 heavy (non-hydrogen) atoms. The molecule has 0 aliphatic carbocycles. The Kier molecular flexibility index (Phi) is 8.12. The van der Waals surface area contributed by atoms with Crippen LogP contribution in [-0.4, -0.2) is 21.0 Å². The molecule has 2 N–H and O–H groups in total. The monoisotopic (exact) mass is 358 g/mol. The predicted molar refractivity (Wildman–Crippen MR) is 94.7 cm³/mol. The van der Waals surface area contributed by atoms with E-state index in [0.717, 1.165) is 25.7 Å². The molecule has 2 amide bonds. The number of halogens is 1. The smallest absolute Gasteiger partial charge is 0.328 e. The first-order valence-electron chi connectivity index (χ1n) is 7.59. The Morgan fingerprint density at radius 1 is 1.26 bits per heavy atom. The van der Waals surface area contributed by atoms with Gasteiger partial charge in [-0.3, -0.25) is 0 Å². The highest BCUT2D eigenvalue weighted by Crippen LogP contribution is 2.15. The summed E-state index contributed by atoms with van der Waals surface area (Å²) < 4.78 is 26.2. The fourth-order valence-electron chi connectivity index (χ4n) is 1.90. The Bertz CT molecular complexity index is 657. The van der Waals surface area contributed by atoms with Crippen LogP contribution >= 0.6 is 11.6 Å². The van der Waals surface area contributed by atoms with Gasteiger partial charge in [0.1, 0.15) is 0 Å². The first-order valence-corrected chi connectivity index (χ1v) is 9.46. The van der Waals surface area contributed by atoms with E-state index in [4.69, 9.17) is 11.6 Å². The van der Waals surface area contributed by atoms with E-state index < -0.39 is 16.1 Å². The second kappa shape index (κ2) is 9.57. The number of carbonyl (C=O) groups is 1. The standard InChI is InChI=1S/C16H23ClN2O3S/c1-3-4-5-6-10-18-16(20)19-23(21,22)13(2)11-14-8-7-9-15(17)12-14/h7-9,11-12H,3-6,10H2,1-2H3,(H2,18,19,20)/b13-11+. The quantitative estimate of drug-likeness (QED) is 0.692. The molecule has 0 unspecified atom stereocenters. The van der Waals surface area contributed by atoms with E-state index in [1.165, 1.54) is 13.0 Å². The summed E-state index contributed by atoms with van der Waals surface area (Å²) in [7, 11) is -3.86. The number of allylic oxidation sites excluding steroid dienone is 1. The molecule has 0 saturated carbocycles. The molecule has 0 aliphatic rings. The van der Waals surface area contributed by atoms with Gasteiger partial charge in [-0.25, -0.2) is 17.9 Å². The van der Waals surface area contributed by atoms with Crippen molar-refractivity contribution in [2.45, 2.75) is 39.5 Å². The molecular formula is C16H23ClN2O3S. The fraction of sp³-hybridized carbons (Fsp3) is 0.438. The Labute approximate surface area is 143 Å². The third-order valence-corrected chi connectivity index (χ3v) is 4.84. The van der Waals surface area contributed by atoms with Crippen LogP contribution in [0.3, 0.4) is 0 Å². The van der Waals surface area contributed by atoms with Gasteiger partial charge < -0.3 is 5.32 Å². The second-order valence-corrected chi connectivity index (χ2v) is 7.52. The van der Waals surface area contributed by atoms with Crippen LogP contribution in [0.4, 0.5) is 4.79 Å². The third-order valence-electron chi connectivity index (χ3n) is 3.19. The summed E-state index contributed by atoms with van der Waals surface area (Å²) in [6, 6.07) is 6.10. The molecule has 0 radical (unpaired) electrons. The number of nitrogens with one attached hydrogen (secondary N) is 2. The van der Waals surface area contributed by atoms with Crippen molar-refractivity contribution in [1.82, 2.24) is 10.0 Å². The minimum absolute atomic E-state index is 0.0425. The highest BCUT2D eigenvalue weighted by Gasteiger charge is 2.16. The van der Waals surface area contributed by atoms with Crippen LogP contribution in [0.15, 0.2) is 29.2 Å². The number of hydrogen-bond acceptors (Lipinski definition) is 3. The molecule has 1 rings (SSSR count). The minimum atomic E-state index is -3.86. The van der Waals surface area contributed by atoms with E-state index in [1.807, 2.05) is 4.72 Å². The van der Waals surface area contributed by atoms with Crippen molar-refractivity contribution in [1.29, 1.82) is 0 Å². The number of carbonyl (C=O) groups excluding carboxylic acids is 1. The van der Waals surface area contributed by atoms with Gasteiger partial charge in [-0.1, -0.05) is 49.9 Å². The van der Waals surface area contributed by atoms with E-state index in [9.17, 15) is 13.2 Å². The van der Waals surface area contributed by atoms with E-state index in [1.54, 1.807) is 24.3 Å². The van der Waals surface area contributed by atoms with Crippen molar-refractivity contribution in [3.63, 3.8) is 0 Å². The molecule has 0 aromatic heterocycles. The zero-order valence-electron chi connectivity index (χ0n) is 13.4. The van der Waals surface area contributed by atoms with Crippen LogP contribution in [0.5, 0.6) is 0 Å². The van der Waals surface area contributed by atoms with Gasteiger partial charge in [0.15, 0.2) is 0 Å². The van der Waals surface area contributed by atoms with E-state index in [-0.39, 0.29) is 4.91 Å². The maximum absolute atomic E-state index is 12.1. The predicted octanol–water partition coefficient (Wildman–Crippen LogP) is 3.91. The summed E-state index contributed by atoms with van der Waals surface area (Å²) in [5.41, 5.74) is 0.653. The molecule has 0 saturated heterocycles. The van der Waals surface area contributed by atoms with Gasteiger partial charge >= 0.3 is 6.03 Å². The molecule has 5 nitrogen and oxygen atoms in total. The van der Waals surface area contributed by atoms with Gasteiger partial charge in [-0.15, -0.1) is 0 Å². The fourth-order valence-corrected chi connectivity index (χ4v) is 2.87. The van der Waals surface area contributed by atoms with Crippen LogP contribution in [0, 0.1) is 0 Å². The molecule has 0 spiro atoms. The zero-order chi connectivity index (χ0) is 17.3. The lowest BCUT2D eigenvalue weighted by atomic mass is 10.2. The van der Waals surface area contributed by atoms with Crippen molar-refractivity contribution in [2.24, 2.45) is 0 Å². The van der Waals surface area contributed by atoms with Crippen LogP contribution < -0.4 is 10.0 Å². The molecular weight excluding hydrogens is 336 g/mol. The molecule has 0 heterocycles. The maximum Gasteiger partial charge on any atom is 0.328 e. The summed E-state index contributed by atoms with van der Waals surface area (Å²) >= 11 is 5.86. The minimum Gasteiger partial charge on any atom is -0.337 e. The van der Waals surface area contributed by atoms with Crippen molar-refractivity contribution in [3.05, 3.63) is 39.8 Å². The summed E-state index contributed by atoms with van der Waals surface area (Å²) in [5.74, 6) is 0. The van der Waals surface area contributed by atoms with Crippen LogP contribution in [0.1, 0.15) is 45.1 Å². The maximum atomic E-state index is 12.1. The third kappa shape index (κ3) is 7.52. The second-order valence-electron chi connectivity index (χ2n) is 5.23. The average Bonchev–Trinajstić information content (AvgIpc) is 2.46. The van der Waals surface area contributed by atoms with Gasteiger partial charge in [-0.05, 0) is 37.1 Å². The van der Waals surface area contributed by atoms with E-state index in [0.29, 0.717) is 17.1 Å². The number of unbranched alkanes of at least 4 members (excludes halogenated alkanes) is 3. The number of hydrogen-bond donors (Lipinski definition) is 2. The number of rotatable bonds is 8. The first-order chi connectivity index (χ1) is 10.8. The molecule has 7 heteroatoms. The molecule has 128 valence electrons. The largest absolute Gasteiger partial charge is 0.337 e. The zero-order valence-corrected chi connectivity index (χ0v) is 15.0. The average molecular weight is 359 g/mol. The lowest BCUT2D eigenvalue weighted by Gasteiger charge is -2.09. The highest BCUT2D eigenvalue weighted by molar-refractivity contribution is 7.94. The van der Waals surface area contributed by atoms with Gasteiger partial charge in [0.25, 0.3) is 10.0 Å². The Hall–Kier alpha value is -1.53. The normalized spacial score (nSPS) is 12.0. The molecule has 0 atom stereocenters. The van der Waals surface area contributed by atoms with Crippen LogP contribution in [0.25, 0.3) is 6.08 Å². The van der Waals surface area contributed by atoms with Gasteiger partial charge in [-0.2, -0.15) is 0 Å². The van der Waals surface area contributed by atoms with Crippen LogP contribution in [0.2, 0.25) is 5.02 Å².